The van der Waals surface area contributed by atoms with Crippen molar-refractivity contribution in [1.82, 2.24) is 4.72 Å². The van der Waals surface area contributed by atoms with Crippen molar-refractivity contribution < 1.29 is 17.9 Å². The van der Waals surface area contributed by atoms with Gasteiger partial charge in [-0.1, -0.05) is 36.9 Å². The van der Waals surface area contributed by atoms with Crippen LogP contribution in [0.2, 0.25) is 0 Å². The Balaban J connectivity index is 2.03. The third-order valence-electron chi connectivity index (χ3n) is 3.33. The maximum Gasteiger partial charge on any atom is 0.338 e. The smallest absolute Gasteiger partial charge is 0.338 e. The van der Waals surface area contributed by atoms with Crippen LogP contribution in [0.1, 0.15) is 18.1 Å². The van der Waals surface area contributed by atoms with Gasteiger partial charge in [0.2, 0.25) is 10.0 Å². The number of sulfonamides is 1. The van der Waals surface area contributed by atoms with Gasteiger partial charge in [0, 0.05) is 12.1 Å². The lowest BCUT2D eigenvalue weighted by Crippen LogP contribution is -2.23. The fourth-order valence-electron chi connectivity index (χ4n) is 1.98. The average Bonchev–Trinajstić information content (AvgIpc) is 2.54. The van der Waals surface area contributed by atoms with Crippen molar-refractivity contribution in [1.29, 1.82) is 0 Å². The summed E-state index contributed by atoms with van der Waals surface area (Å²) >= 11 is 0. The molecule has 0 aliphatic carbocycles. The zero-order valence-corrected chi connectivity index (χ0v) is 14.4. The Morgan fingerprint density at radius 1 is 1.12 bits per heavy atom. The van der Waals surface area contributed by atoms with Gasteiger partial charge in [-0.15, -0.1) is 0 Å². The monoisotopic (exact) mass is 345 g/mol. The van der Waals surface area contributed by atoms with E-state index >= 15 is 0 Å². The van der Waals surface area contributed by atoms with Crippen LogP contribution in [0.15, 0.2) is 65.6 Å². The van der Waals surface area contributed by atoms with Gasteiger partial charge in [0.15, 0.2) is 0 Å². The number of esters is 1. The lowest BCUT2D eigenvalue weighted by Gasteiger charge is -2.10. The van der Waals surface area contributed by atoms with Crippen LogP contribution >= 0.6 is 0 Å². The molecular formula is C18H19NO4S. The van der Waals surface area contributed by atoms with Crippen LogP contribution in [0.5, 0.6) is 5.75 Å². The molecule has 24 heavy (non-hydrogen) atoms. The van der Waals surface area contributed by atoms with Crippen molar-refractivity contribution in [3.63, 3.8) is 0 Å². The molecule has 0 aliphatic heterocycles. The van der Waals surface area contributed by atoms with E-state index in [1.165, 1.54) is 0 Å². The van der Waals surface area contributed by atoms with Crippen LogP contribution in [-0.2, 0) is 21.4 Å². The van der Waals surface area contributed by atoms with E-state index in [1.807, 2.05) is 0 Å². The molecule has 2 aromatic rings. The lowest BCUT2D eigenvalue weighted by molar-refractivity contribution is -0.130. The second kappa shape index (κ2) is 7.42. The first kappa shape index (κ1) is 17.9. The van der Waals surface area contributed by atoms with Crippen molar-refractivity contribution in [2.45, 2.75) is 25.3 Å². The highest BCUT2D eigenvalue weighted by atomic mass is 32.2. The first-order valence-electron chi connectivity index (χ1n) is 7.31. The quantitative estimate of drug-likeness (QED) is 0.496. The third-order valence-corrected chi connectivity index (χ3v) is 4.89. The van der Waals surface area contributed by atoms with Gasteiger partial charge in [0.25, 0.3) is 0 Å². The van der Waals surface area contributed by atoms with Crippen LogP contribution in [0.25, 0.3) is 0 Å². The predicted octanol–water partition coefficient (Wildman–Crippen LogP) is 2.96. The largest absolute Gasteiger partial charge is 0.423 e. The zero-order valence-electron chi connectivity index (χ0n) is 13.6. The second-order valence-electron chi connectivity index (χ2n) is 5.40. The van der Waals surface area contributed by atoms with Gasteiger partial charge in [-0.3, -0.25) is 0 Å². The standard InChI is InChI=1S/C18H19NO4S/c1-13(2)18(20)23-16-10-8-15(9-11-16)12-19-24(21,22)17-7-5-4-6-14(17)3/h4-11,19H,1,12H2,2-3H3. The first-order chi connectivity index (χ1) is 11.3. The van der Waals surface area contributed by atoms with E-state index < -0.39 is 16.0 Å². The fraction of sp³-hybridized carbons (Fsp3) is 0.167. The lowest BCUT2D eigenvalue weighted by atomic mass is 10.2. The van der Waals surface area contributed by atoms with Crippen molar-refractivity contribution in [2.24, 2.45) is 0 Å². The molecule has 6 heteroatoms. The molecule has 0 radical (unpaired) electrons. The summed E-state index contributed by atoms with van der Waals surface area (Å²) in [6, 6.07) is 13.4. The predicted molar refractivity (Wildman–Crippen MR) is 92.1 cm³/mol. The summed E-state index contributed by atoms with van der Waals surface area (Å²) in [5.41, 5.74) is 1.75. The summed E-state index contributed by atoms with van der Waals surface area (Å²) in [7, 11) is -3.58. The Labute approximate surface area is 142 Å². The van der Waals surface area contributed by atoms with Gasteiger partial charge in [-0.25, -0.2) is 17.9 Å². The number of hydrogen-bond donors (Lipinski definition) is 1. The average molecular weight is 345 g/mol. The summed E-state index contributed by atoms with van der Waals surface area (Å²) in [6.07, 6.45) is 0. The van der Waals surface area contributed by atoms with E-state index in [0.29, 0.717) is 16.9 Å². The topological polar surface area (TPSA) is 72.5 Å². The van der Waals surface area contributed by atoms with E-state index in [-0.39, 0.29) is 11.4 Å². The number of benzene rings is 2. The van der Waals surface area contributed by atoms with Crippen LogP contribution < -0.4 is 9.46 Å². The molecular weight excluding hydrogens is 326 g/mol. The van der Waals surface area contributed by atoms with Gasteiger partial charge in [0.05, 0.1) is 4.90 Å². The summed E-state index contributed by atoms with van der Waals surface area (Å²) in [5.74, 6) is -0.114. The molecule has 2 aromatic carbocycles. The number of carbonyl (C=O) groups is 1. The van der Waals surface area contributed by atoms with Crippen LogP contribution in [-0.4, -0.2) is 14.4 Å². The maximum atomic E-state index is 12.3. The second-order valence-corrected chi connectivity index (χ2v) is 7.14. The highest BCUT2D eigenvalue weighted by Gasteiger charge is 2.15. The van der Waals surface area contributed by atoms with Crippen molar-refractivity contribution >= 4 is 16.0 Å². The molecule has 2 rings (SSSR count). The minimum atomic E-state index is -3.58. The minimum absolute atomic E-state index is 0.144. The summed E-state index contributed by atoms with van der Waals surface area (Å²) in [6.45, 7) is 6.97. The van der Waals surface area contributed by atoms with Gasteiger partial charge >= 0.3 is 5.97 Å². The zero-order chi connectivity index (χ0) is 17.7. The van der Waals surface area contributed by atoms with E-state index in [2.05, 4.69) is 11.3 Å². The van der Waals surface area contributed by atoms with E-state index in [0.717, 1.165) is 5.56 Å². The molecule has 0 spiro atoms. The molecule has 0 saturated heterocycles. The van der Waals surface area contributed by atoms with Crippen LogP contribution in [0.3, 0.4) is 0 Å². The number of aryl methyl sites for hydroxylation is 1. The Kier molecular flexibility index (Phi) is 5.54. The summed E-state index contributed by atoms with van der Waals surface area (Å²) in [5, 5.41) is 0. The minimum Gasteiger partial charge on any atom is -0.423 e. The van der Waals surface area contributed by atoms with E-state index in [9.17, 15) is 13.2 Å². The molecule has 5 nitrogen and oxygen atoms in total. The Morgan fingerprint density at radius 2 is 1.75 bits per heavy atom. The molecule has 0 unspecified atom stereocenters. The number of hydrogen-bond acceptors (Lipinski definition) is 4. The molecule has 0 aliphatic rings. The van der Waals surface area contributed by atoms with Crippen molar-refractivity contribution in [3.8, 4) is 5.75 Å². The number of ether oxygens (including phenoxy) is 1. The number of carbonyl (C=O) groups excluding carboxylic acids is 1. The van der Waals surface area contributed by atoms with E-state index in [1.54, 1.807) is 62.4 Å². The van der Waals surface area contributed by atoms with E-state index in [4.69, 9.17) is 4.74 Å². The first-order valence-corrected chi connectivity index (χ1v) is 8.80. The van der Waals surface area contributed by atoms with Crippen molar-refractivity contribution in [3.05, 3.63) is 71.8 Å². The van der Waals surface area contributed by atoms with Crippen LogP contribution in [0, 0.1) is 6.92 Å². The molecule has 0 heterocycles. The summed E-state index contributed by atoms with van der Waals surface area (Å²) < 4.78 is 32.3. The van der Waals surface area contributed by atoms with Gasteiger partial charge < -0.3 is 4.74 Å². The highest BCUT2D eigenvalue weighted by Crippen LogP contribution is 2.16. The fourth-order valence-corrected chi connectivity index (χ4v) is 3.25. The number of rotatable bonds is 6. The molecule has 0 aromatic heterocycles. The molecule has 1 N–H and O–H groups in total. The number of nitrogens with one attached hydrogen (secondary N) is 1. The Bertz CT molecular complexity index is 855. The highest BCUT2D eigenvalue weighted by molar-refractivity contribution is 7.89. The Morgan fingerprint density at radius 3 is 2.33 bits per heavy atom. The molecule has 126 valence electrons. The van der Waals surface area contributed by atoms with Gasteiger partial charge in [0.1, 0.15) is 5.75 Å². The summed E-state index contributed by atoms with van der Waals surface area (Å²) in [4.78, 5) is 11.7. The Hall–Kier alpha value is -2.44. The molecule has 0 amide bonds. The van der Waals surface area contributed by atoms with Crippen LogP contribution in [0.4, 0.5) is 0 Å². The molecule has 0 atom stereocenters. The van der Waals surface area contributed by atoms with Gasteiger partial charge in [-0.2, -0.15) is 0 Å². The third kappa shape index (κ3) is 4.53. The molecule has 0 bridgehead atoms. The van der Waals surface area contributed by atoms with Gasteiger partial charge in [-0.05, 0) is 43.2 Å². The van der Waals surface area contributed by atoms with Crippen molar-refractivity contribution in [2.75, 3.05) is 0 Å². The SMILES string of the molecule is C=C(C)C(=O)Oc1ccc(CNS(=O)(=O)c2ccccc2C)cc1. The molecule has 0 saturated carbocycles. The maximum absolute atomic E-state index is 12.3. The normalized spacial score (nSPS) is 11.1. The molecule has 0 fully saturated rings.